The van der Waals surface area contributed by atoms with Crippen LogP contribution in [0.5, 0.6) is 5.75 Å². The molecule has 0 aliphatic rings. The first-order chi connectivity index (χ1) is 9.11. The van der Waals surface area contributed by atoms with Crippen LogP contribution < -0.4 is 10.5 Å². The van der Waals surface area contributed by atoms with Gasteiger partial charge in [0.2, 0.25) is 0 Å². The van der Waals surface area contributed by atoms with Gasteiger partial charge in [-0.05, 0) is 30.7 Å². The average molecular weight is 280 g/mol. The van der Waals surface area contributed by atoms with E-state index in [0.29, 0.717) is 17.1 Å². The van der Waals surface area contributed by atoms with Crippen LogP contribution in [0.2, 0.25) is 5.02 Å². The molecule has 4 heteroatoms. The van der Waals surface area contributed by atoms with Crippen molar-refractivity contribution in [3.05, 3.63) is 63.9 Å². The maximum absolute atomic E-state index is 13.2. The fourth-order valence-electron chi connectivity index (χ4n) is 1.88. The molecule has 0 saturated carbocycles. The van der Waals surface area contributed by atoms with E-state index in [1.54, 1.807) is 0 Å². The van der Waals surface area contributed by atoms with Crippen molar-refractivity contribution in [3.8, 4) is 5.75 Å². The topological polar surface area (TPSA) is 35.2 Å². The molecule has 0 aliphatic heterocycles. The lowest BCUT2D eigenvalue weighted by Gasteiger charge is -2.14. The first kappa shape index (κ1) is 13.8. The summed E-state index contributed by atoms with van der Waals surface area (Å²) in [6.07, 6.45) is 0. The molecule has 0 spiro atoms. The summed E-state index contributed by atoms with van der Waals surface area (Å²) in [5.41, 5.74) is 8.21. The van der Waals surface area contributed by atoms with E-state index in [-0.39, 0.29) is 12.4 Å². The lowest BCUT2D eigenvalue weighted by Crippen LogP contribution is -2.04. The second kappa shape index (κ2) is 6.04. The van der Waals surface area contributed by atoms with Gasteiger partial charge in [-0.25, -0.2) is 4.39 Å². The second-order valence-corrected chi connectivity index (χ2v) is 4.70. The largest absolute Gasteiger partial charge is 0.488 e. The smallest absolute Gasteiger partial charge is 0.127 e. The number of para-hydroxylation sites is 1. The number of hydrogen-bond acceptors (Lipinski definition) is 2. The maximum atomic E-state index is 13.2. The van der Waals surface area contributed by atoms with Crippen LogP contribution in [0, 0.1) is 12.7 Å². The lowest BCUT2D eigenvalue weighted by atomic mass is 10.1. The summed E-state index contributed by atoms with van der Waals surface area (Å²) in [5, 5.41) is 0.490. The van der Waals surface area contributed by atoms with Gasteiger partial charge in [0.25, 0.3) is 0 Å². The summed E-state index contributed by atoms with van der Waals surface area (Å²) in [6.45, 7) is 2.56. The molecule has 0 radical (unpaired) electrons. The third-order valence-electron chi connectivity index (χ3n) is 2.89. The molecule has 0 aliphatic carbocycles. The Labute approximate surface area is 117 Å². The van der Waals surface area contributed by atoms with Gasteiger partial charge < -0.3 is 10.5 Å². The average Bonchev–Trinajstić information content (AvgIpc) is 2.40. The van der Waals surface area contributed by atoms with E-state index >= 15 is 0 Å². The minimum Gasteiger partial charge on any atom is -0.488 e. The van der Waals surface area contributed by atoms with Crippen LogP contribution >= 0.6 is 11.6 Å². The highest BCUT2D eigenvalue weighted by Gasteiger charge is 2.08. The first-order valence-electron chi connectivity index (χ1n) is 5.97. The van der Waals surface area contributed by atoms with Crippen molar-refractivity contribution < 1.29 is 9.13 Å². The maximum Gasteiger partial charge on any atom is 0.127 e. The fraction of sp³-hybridized carbons (Fsp3) is 0.200. The molecule has 2 aromatic rings. The number of aryl methyl sites for hydroxylation is 1. The van der Waals surface area contributed by atoms with E-state index in [1.165, 1.54) is 18.2 Å². The zero-order valence-electron chi connectivity index (χ0n) is 10.6. The van der Waals surface area contributed by atoms with Gasteiger partial charge in [-0.15, -0.1) is 0 Å². The van der Waals surface area contributed by atoms with Crippen LogP contribution in [0.3, 0.4) is 0 Å². The van der Waals surface area contributed by atoms with Crippen molar-refractivity contribution in [3.63, 3.8) is 0 Å². The van der Waals surface area contributed by atoms with Crippen molar-refractivity contribution in [1.82, 2.24) is 0 Å². The Morgan fingerprint density at radius 3 is 2.74 bits per heavy atom. The number of hydrogen-bond donors (Lipinski definition) is 1. The summed E-state index contributed by atoms with van der Waals surface area (Å²) in [4.78, 5) is 0. The summed E-state index contributed by atoms with van der Waals surface area (Å²) in [5.74, 6) is 0.414. The van der Waals surface area contributed by atoms with E-state index in [4.69, 9.17) is 22.1 Å². The zero-order valence-corrected chi connectivity index (χ0v) is 11.4. The van der Waals surface area contributed by atoms with Crippen LogP contribution in [0.15, 0.2) is 36.4 Å². The van der Waals surface area contributed by atoms with Gasteiger partial charge in [0, 0.05) is 22.7 Å². The molecule has 0 aromatic heterocycles. The van der Waals surface area contributed by atoms with Gasteiger partial charge in [-0.3, -0.25) is 0 Å². The quantitative estimate of drug-likeness (QED) is 0.923. The van der Waals surface area contributed by atoms with Crippen LogP contribution in [0.1, 0.15) is 16.7 Å². The van der Waals surface area contributed by atoms with Crippen molar-refractivity contribution in [2.24, 2.45) is 5.73 Å². The molecule has 0 amide bonds. The van der Waals surface area contributed by atoms with Crippen molar-refractivity contribution in [1.29, 1.82) is 0 Å². The third kappa shape index (κ3) is 3.25. The van der Waals surface area contributed by atoms with E-state index in [0.717, 1.165) is 16.9 Å². The predicted molar refractivity (Wildman–Crippen MR) is 74.8 cm³/mol. The Hall–Kier alpha value is -1.58. The molecule has 2 aromatic carbocycles. The highest BCUT2D eigenvalue weighted by atomic mass is 35.5. The zero-order chi connectivity index (χ0) is 13.8. The van der Waals surface area contributed by atoms with Gasteiger partial charge in [0.15, 0.2) is 0 Å². The Bertz CT molecular complexity index is 586. The molecule has 0 bridgehead atoms. The Morgan fingerprint density at radius 1 is 1.21 bits per heavy atom. The van der Waals surface area contributed by atoms with E-state index in [9.17, 15) is 4.39 Å². The number of benzene rings is 2. The molecule has 100 valence electrons. The summed E-state index contributed by atoms with van der Waals surface area (Å²) in [6, 6.07) is 10.0. The molecular formula is C15H15ClFNO. The van der Waals surface area contributed by atoms with Gasteiger partial charge in [-0.1, -0.05) is 29.8 Å². The van der Waals surface area contributed by atoms with Gasteiger partial charge in [0.1, 0.15) is 18.2 Å². The molecule has 0 heterocycles. The van der Waals surface area contributed by atoms with Gasteiger partial charge >= 0.3 is 0 Å². The summed E-state index contributed by atoms with van der Waals surface area (Å²) in [7, 11) is 0. The van der Waals surface area contributed by atoms with E-state index < -0.39 is 0 Å². The normalized spacial score (nSPS) is 10.5. The Balaban J connectivity index is 2.21. The summed E-state index contributed by atoms with van der Waals surface area (Å²) >= 11 is 6.00. The molecular weight excluding hydrogens is 265 g/mol. The Morgan fingerprint density at radius 2 is 2.00 bits per heavy atom. The van der Waals surface area contributed by atoms with E-state index in [2.05, 4.69) is 0 Å². The van der Waals surface area contributed by atoms with Crippen molar-refractivity contribution >= 4 is 11.6 Å². The van der Waals surface area contributed by atoms with Crippen LogP contribution in [0.4, 0.5) is 4.39 Å². The molecule has 0 atom stereocenters. The SMILES string of the molecule is Cc1cccc(CN)c1OCc1cc(F)ccc1Cl. The molecule has 2 N–H and O–H groups in total. The number of ether oxygens (including phenoxy) is 1. The summed E-state index contributed by atoms with van der Waals surface area (Å²) < 4.78 is 18.9. The van der Waals surface area contributed by atoms with Crippen LogP contribution in [0.25, 0.3) is 0 Å². The monoisotopic (exact) mass is 279 g/mol. The molecule has 2 nitrogen and oxygen atoms in total. The molecule has 0 unspecified atom stereocenters. The number of rotatable bonds is 4. The van der Waals surface area contributed by atoms with Crippen molar-refractivity contribution in [2.45, 2.75) is 20.1 Å². The lowest BCUT2D eigenvalue weighted by molar-refractivity contribution is 0.300. The van der Waals surface area contributed by atoms with Gasteiger partial charge in [-0.2, -0.15) is 0 Å². The number of halogens is 2. The highest BCUT2D eigenvalue weighted by Crippen LogP contribution is 2.25. The molecule has 0 saturated heterocycles. The van der Waals surface area contributed by atoms with Crippen LogP contribution in [-0.4, -0.2) is 0 Å². The van der Waals surface area contributed by atoms with E-state index in [1.807, 2.05) is 25.1 Å². The molecule has 0 fully saturated rings. The van der Waals surface area contributed by atoms with Crippen molar-refractivity contribution in [2.75, 3.05) is 0 Å². The standard InChI is InChI=1S/C15H15ClFNO/c1-10-3-2-4-11(8-18)15(10)19-9-12-7-13(17)5-6-14(12)16/h2-7H,8-9,18H2,1H3. The third-order valence-corrected chi connectivity index (χ3v) is 3.26. The second-order valence-electron chi connectivity index (χ2n) is 4.29. The Kier molecular flexibility index (Phi) is 4.40. The first-order valence-corrected chi connectivity index (χ1v) is 6.35. The van der Waals surface area contributed by atoms with Gasteiger partial charge in [0.05, 0.1) is 0 Å². The minimum atomic E-state index is -0.327. The highest BCUT2D eigenvalue weighted by molar-refractivity contribution is 6.31. The van der Waals surface area contributed by atoms with Crippen LogP contribution in [-0.2, 0) is 13.2 Å². The molecule has 2 rings (SSSR count). The molecule has 19 heavy (non-hydrogen) atoms. The fourth-order valence-corrected chi connectivity index (χ4v) is 2.06. The predicted octanol–water partition coefficient (Wildman–Crippen LogP) is 3.83. The number of nitrogens with two attached hydrogens (primary N) is 1. The minimum absolute atomic E-state index is 0.217.